The summed E-state index contributed by atoms with van der Waals surface area (Å²) in [4.78, 5) is 49.1. The third-order valence-corrected chi connectivity index (χ3v) is 4.78. The molecule has 174 valence electrons. The molecule has 0 fully saturated rings. The van der Waals surface area contributed by atoms with E-state index in [1.54, 1.807) is 0 Å². The summed E-state index contributed by atoms with van der Waals surface area (Å²) in [6, 6.07) is 0. The SMILES string of the molecule is CSCC(=O)NCCN(CCNC(=O)CSC)C(=O)CCC(=O)NCCOCCO. The van der Waals surface area contributed by atoms with Crippen LogP contribution in [-0.4, -0.2) is 110 Å². The summed E-state index contributed by atoms with van der Waals surface area (Å²) in [7, 11) is 0. The number of carbonyl (C=O) groups excluding carboxylic acids is 4. The van der Waals surface area contributed by atoms with E-state index in [9.17, 15) is 19.2 Å². The number of hydrogen-bond donors (Lipinski definition) is 4. The molecule has 4 amide bonds. The zero-order chi connectivity index (χ0) is 22.6. The Balaban J connectivity index is 4.40. The number of aliphatic hydroxyl groups excluding tert-OH is 1. The average molecular weight is 467 g/mol. The molecule has 0 spiro atoms. The highest BCUT2D eigenvalue weighted by Crippen LogP contribution is 1.99. The second kappa shape index (κ2) is 19.5. The number of thioether (sulfide) groups is 2. The van der Waals surface area contributed by atoms with Crippen LogP contribution in [0.5, 0.6) is 0 Å². The monoisotopic (exact) mass is 466 g/mol. The molecule has 0 bridgehead atoms. The van der Waals surface area contributed by atoms with E-state index in [1.807, 2.05) is 12.5 Å². The predicted molar refractivity (Wildman–Crippen MR) is 120 cm³/mol. The van der Waals surface area contributed by atoms with E-state index in [1.165, 1.54) is 28.4 Å². The van der Waals surface area contributed by atoms with Crippen molar-refractivity contribution in [2.45, 2.75) is 12.8 Å². The fourth-order valence-corrected chi connectivity index (χ4v) is 3.01. The minimum absolute atomic E-state index is 0.0286. The molecule has 0 aliphatic carbocycles. The fourth-order valence-electron chi connectivity index (χ4n) is 2.28. The van der Waals surface area contributed by atoms with Gasteiger partial charge < -0.3 is 30.7 Å². The fraction of sp³-hybridized carbons (Fsp3) is 0.778. The molecule has 0 aliphatic rings. The topological polar surface area (TPSA) is 137 Å². The first-order valence-corrected chi connectivity index (χ1v) is 12.5. The van der Waals surface area contributed by atoms with Gasteiger partial charge in [0.1, 0.15) is 0 Å². The minimum Gasteiger partial charge on any atom is -0.394 e. The van der Waals surface area contributed by atoms with Gasteiger partial charge >= 0.3 is 0 Å². The maximum atomic E-state index is 12.5. The number of ether oxygens (including phenoxy) is 1. The van der Waals surface area contributed by atoms with Crippen LogP contribution >= 0.6 is 23.5 Å². The molecule has 12 heteroatoms. The van der Waals surface area contributed by atoms with Crippen molar-refractivity contribution in [3.05, 3.63) is 0 Å². The maximum Gasteiger partial charge on any atom is 0.230 e. The largest absolute Gasteiger partial charge is 0.394 e. The van der Waals surface area contributed by atoms with Gasteiger partial charge in [-0.25, -0.2) is 0 Å². The highest BCUT2D eigenvalue weighted by Gasteiger charge is 2.15. The van der Waals surface area contributed by atoms with Crippen molar-refractivity contribution in [2.75, 3.05) is 76.6 Å². The van der Waals surface area contributed by atoms with Crippen LogP contribution in [0.2, 0.25) is 0 Å². The van der Waals surface area contributed by atoms with Crippen LogP contribution in [0.4, 0.5) is 0 Å². The molecule has 0 aromatic heterocycles. The summed E-state index contributed by atoms with van der Waals surface area (Å²) in [6.07, 6.45) is 3.72. The van der Waals surface area contributed by atoms with Crippen molar-refractivity contribution in [3.8, 4) is 0 Å². The average Bonchev–Trinajstić information content (AvgIpc) is 2.71. The lowest BCUT2D eigenvalue weighted by molar-refractivity contribution is -0.134. The van der Waals surface area contributed by atoms with E-state index in [0.29, 0.717) is 44.2 Å². The van der Waals surface area contributed by atoms with E-state index in [-0.39, 0.29) is 56.3 Å². The second-order valence-electron chi connectivity index (χ2n) is 6.13. The number of amides is 4. The Morgan fingerprint density at radius 3 is 1.83 bits per heavy atom. The van der Waals surface area contributed by atoms with Gasteiger partial charge in [-0.2, -0.15) is 23.5 Å². The first kappa shape index (κ1) is 28.5. The molecule has 10 nitrogen and oxygen atoms in total. The summed E-state index contributed by atoms with van der Waals surface area (Å²) < 4.78 is 5.05. The van der Waals surface area contributed by atoms with E-state index in [4.69, 9.17) is 9.84 Å². The normalized spacial score (nSPS) is 10.4. The van der Waals surface area contributed by atoms with Crippen molar-refractivity contribution in [1.29, 1.82) is 0 Å². The summed E-state index contributed by atoms with van der Waals surface area (Å²) >= 11 is 2.82. The van der Waals surface area contributed by atoms with Crippen LogP contribution in [-0.2, 0) is 23.9 Å². The standard InChI is InChI=1S/C18H34N4O6S2/c1-29-13-16(25)19-5-8-22(9-6-20-17(26)14-30-2)18(27)4-3-15(24)21-7-11-28-12-10-23/h23H,3-14H2,1-2H3,(H,19,25)(H,20,26)(H,21,24). The number of aliphatic hydroxyl groups is 1. The van der Waals surface area contributed by atoms with Crippen molar-refractivity contribution in [3.63, 3.8) is 0 Å². The van der Waals surface area contributed by atoms with Crippen LogP contribution in [0.1, 0.15) is 12.8 Å². The molecule has 0 aliphatic heterocycles. The smallest absolute Gasteiger partial charge is 0.230 e. The molecule has 0 atom stereocenters. The molecule has 0 aromatic rings. The lowest BCUT2D eigenvalue weighted by Gasteiger charge is -2.23. The quantitative estimate of drug-likeness (QED) is 0.183. The van der Waals surface area contributed by atoms with Crippen molar-refractivity contribution >= 4 is 47.2 Å². The number of nitrogens with zero attached hydrogens (tertiary/aromatic N) is 1. The zero-order valence-corrected chi connectivity index (χ0v) is 19.4. The first-order chi connectivity index (χ1) is 14.4. The third-order valence-electron chi connectivity index (χ3n) is 3.68. The highest BCUT2D eigenvalue weighted by molar-refractivity contribution is 7.99. The van der Waals surface area contributed by atoms with Crippen LogP contribution in [0.25, 0.3) is 0 Å². The molecule has 0 radical (unpaired) electrons. The van der Waals surface area contributed by atoms with Crippen LogP contribution in [0.3, 0.4) is 0 Å². The highest BCUT2D eigenvalue weighted by atomic mass is 32.2. The van der Waals surface area contributed by atoms with Crippen molar-refractivity contribution in [2.24, 2.45) is 0 Å². The summed E-state index contributed by atoms with van der Waals surface area (Å²) in [5.41, 5.74) is 0. The van der Waals surface area contributed by atoms with Gasteiger partial charge in [0.05, 0.1) is 31.3 Å². The Hall–Kier alpha value is -1.50. The van der Waals surface area contributed by atoms with Gasteiger partial charge in [-0.05, 0) is 12.5 Å². The Kier molecular flexibility index (Phi) is 18.5. The Bertz CT molecular complexity index is 501. The van der Waals surface area contributed by atoms with Gasteiger partial charge in [0.15, 0.2) is 0 Å². The van der Waals surface area contributed by atoms with Gasteiger partial charge in [-0.15, -0.1) is 0 Å². The number of carbonyl (C=O) groups is 4. The number of hydrogen-bond acceptors (Lipinski definition) is 8. The lowest BCUT2D eigenvalue weighted by atomic mass is 10.2. The Morgan fingerprint density at radius 1 is 0.800 bits per heavy atom. The molecule has 30 heavy (non-hydrogen) atoms. The Labute approximate surface area is 186 Å². The Morgan fingerprint density at radius 2 is 1.33 bits per heavy atom. The van der Waals surface area contributed by atoms with Crippen LogP contribution < -0.4 is 16.0 Å². The lowest BCUT2D eigenvalue weighted by Crippen LogP contribution is -2.43. The van der Waals surface area contributed by atoms with Crippen molar-refractivity contribution < 1.29 is 29.0 Å². The molecule has 0 heterocycles. The molecular weight excluding hydrogens is 432 g/mol. The van der Waals surface area contributed by atoms with Crippen molar-refractivity contribution in [1.82, 2.24) is 20.9 Å². The molecule has 0 unspecified atom stereocenters. The number of nitrogens with one attached hydrogen (secondary N) is 3. The van der Waals surface area contributed by atoms with E-state index in [0.717, 1.165) is 0 Å². The van der Waals surface area contributed by atoms with Gasteiger partial charge in [0.25, 0.3) is 0 Å². The summed E-state index contributed by atoms with van der Waals surface area (Å²) in [6.45, 7) is 1.94. The van der Waals surface area contributed by atoms with Gasteiger partial charge in [-0.3, -0.25) is 19.2 Å². The van der Waals surface area contributed by atoms with E-state index < -0.39 is 0 Å². The molecule has 0 rings (SSSR count). The molecule has 0 aromatic carbocycles. The maximum absolute atomic E-state index is 12.5. The summed E-state index contributed by atoms with van der Waals surface area (Å²) in [5, 5.41) is 16.7. The number of rotatable bonds is 18. The summed E-state index contributed by atoms with van der Waals surface area (Å²) in [5.74, 6) is -0.00354. The minimum atomic E-state index is -0.266. The van der Waals surface area contributed by atoms with Crippen LogP contribution in [0, 0.1) is 0 Å². The molecular formula is C18H34N4O6S2. The molecule has 0 saturated heterocycles. The van der Waals surface area contributed by atoms with Gasteiger partial charge in [-0.1, -0.05) is 0 Å². The first-order valence-electron chi connectivity index (χ1n) is 9.68. The predicted octanol–water partition coefficient (Wildman–Crippen LogP) is -1.32. The zero-order valence-electron chi connectivity index (χ0n) is 17.7. The van der Waals surface area contributed by atoms with Gasteiger partial charge in [0.2, 0.25) is 23.6 Å². The third kappa shape index (κ3) is 16.3. The van der Waals surface area contributed by atoms with E-state index >= 15 is 0 Å². The van der Waals surface area contributed by atoms with Gasteiger partial charge in [0, 0.05) is 45.6 Å². The second-order valence-corrected chi connectivity index (χ2v) is 7.86. The molecule has 4 N–H and O–H groups in total. The van der Waals surface area contributed by atoms with E-state index in [2.05, 4.69) is 16.0 Å². The molecule has 0 saturated carbocycles. The van der Waals surface area contributed by atoms with Crippen LogP contribution in [0.15, 0.2) is 0 Å².